The fourth-order valence-electron chi connectivity index (χ4n) is 2.31. The summed E-state index contributed by atoms with van der Waals surface area (Å²) in [5.41, 5.74) is 1.19. The van der Waals surface area contributed by atoms with E-state index < -0.39 is 0 Å². The van der Waals surface area contributed by atoms with Crippen LogP contribution in [0.5, 0.6) is 0 Å². The fraction of sp³-hybridized carbons (Fsp3) is 0.500. The van der Waals surface area contributed by atoms with Crippen LogP contribution in [0.25, 0.3) is 0 Å². The maximum absolute atomic E-state index is 12.2. The zero-order valence-corrected chi connectivity index (χ0v) is 10.8. The predicted molar refractivity (Wildman–Crippen MR) is 70.3 cm³/mol. The number of hydrogen-bond donors (Lipinski definition) is 1. The molecule has 1 atom stereocenters. The van der Waals surface area contributed by atoms with Crippen LogP contribution in [0.15, 0.2) is 30.3 Å². The van der Waals surface area contributed by atoms with Crippen molar-refractivity contribution in [2.75, 3.05) is 33.4 Å². The third-order valence-electron chi connectivity index (χ3n) is 3.27. The first-order valence-electron chi connectivity index (χ1n) is 6.37. The van der Waals surface area contributed by atoms with Crippen LogP contribution in [0.1, 0.15) is 18.0 Å². The van der Waals surface area contributed by atoms with Gasteiger partial charge in [0.15, 0.2) is 0 Å². The van der Waals surface area contributed by atoms with Crippen LogP contribution >= 0.6 is 0 Å². The largest absolute Gasteiger partial charge is 0.384 e. The number of methoxy groups -OCH3 is 1. The first kappa shape index (κ1) is 13.1. The average Bonchev–Trinajstić information content (AvgIpc) is 2.45. The molecule has 0 saturated carbocycles. The molecule has 1 aliphatic rings. The molecule has 0 spiro atoms. The molecule has 4 nitrogen and oxygen atoms in total. The average molecular weight is 248 g/mol. The topological polar surface area (TPSA) is 41.6 Å². The minimum absolute atomic E-state index is 0.143. The highest BCUT2D eigenvalue weighted by Gasteiger charge is 2.27. The Morgan fingerprint density at radius 2 is 2.22 bits per heavy atom. The fourth-order valence-corrected chi connectivity index (χ4v) is 2.31. The van der Waals surface area contributed by atoms with E-state index in [1.807, 2.05) is 23.1 Å². The molecule has 0 bridgehead atoms. The second kappa shape index (κ2) is 6.52. The van der Waals surface area contributed by atoms with E-state index in [4.69, 9.17) is 4.74 Å². The molecule has 2 rings (SSSR count). The Bertz CT molecular complexity index is 381. The van der Waals surface area contributed by atoms with Gasteiger partial charge in [0, 0.05) is 26.7 Å². The maximum atomic E-state index is 12.2. The van der Waals surface area contributed by atoms with Gasteiger partial charge in [-0.2, -0.15) is 0 Å². The van der Waals surface area contributed by atoms with Gasteiger partial charge in [0.2, 0.25) is 5.91 Å². The number of rotatable bonds is 4. The summed E-state index contributed by atoms with van der Waals surface area (Å²) in [7, 11) is 1.62. The lowest BCUT2D eigenvalue weighted by molar-refractivity contribution is -0.135. The van der Waals surface area contributed by atoms with Crippen LogP contribution in [0.4, 0.5) is 0 Å². The Kier molecular flexibility index (Phi) is 4.73. The van der Waals surface area contributed by atoms with Crippen molar-refractivity contribution in [3.05, 3.63) is 35.9 Å². The van der Waals surface area contributed by atoms with Gasteiger partial charge in [0.25, 0.3) is 0 Å². The summed E-state index contributed by atoms with van der Waals surface area (Å²) in [5, 5.41) is 3.35. The molecule has 0 aromatic heterocycles. The summed E-state index contributed by atoms with van der Waals surface area (Å²) in [6.07, 6.45) is 0.458. The summed E-state index contributed by atoms with van der Waals surface area (Å²) < 4.78 is 4.98. The SMILES string of the molecule is COCCC(=O)N1CCNC[C@H]1c1ccccc1. The summed E-state index contributed by atoms with van der Waals surface area (Å²) in [6, 6.07) is 10.3. The first-order chi connectivity index (χ1) is 8.83. The second-order valence-electron chi connectivity index (χ2n) is 4.46. The van der Waals surface area contributed by atoms with Crippen molar-refractivity contribution in [3.63, 3.8) is 0 Å². The summed E-state index contributed by atoms with van der Waals surface area (Å²) in [6.45, 7) is 2.94. The Balaban J connectivity index is 2.09. The third-order valence-corrected chi connectivity index (χ3v) is 3.27. The first-order valence-corrected chi connectivity index (χ1v) is 6.37. The Morgan fingerprint density at radius 1 is 1.44 bits per heavy atom. The van der Waals surface area contributed by atoms with Crippen molar-refractivity contribution in [2.45, 2.75) is 12.5 Å². The van der Waals surface area contributed by atoms with E-state index >= 15 is 0 Å². The third kappa shape index (κ3) is 3.09. The molecule has 1 aliphatic heterocycles. The monoisotopic (exact) mass is 248 g/mol. The molecule has 1 N–H and O–H groups in total. The van der Waals surface area contributed by atoms with Gasteiger partial charge in [-0.05, 0) is 5.56 Å². The molecule has 1 aromatic carbocycles. The number of amides is 1. The molecule has 1 aromatic rings. The van der Waals surface area contributed by atoms with E-state index in [0.717, 1.165) is 19.6 Å². The smallest absolute Gasteiger partial charge is 0.225 e. The van der Waals surface area contributed by atoms with Crippen molar-refractivity contribution < 1.29 is 9.53 Å². The molecular formula is C14H20N2O2. The van der Waals surface area contributed by atoms with Crippen molar-refractivity contribution >= 4 is 5.91 Å². The summed E-state index contributed by atoms with van der Waals surface area (Å²) >= 11 is 0. The van der Waals surface area contributed by atoms with Gasteiger partial charge < -0.3 is 15.0 Å². The number of nitrogens with one attached hydrogen (secondary N) is 1. The van der Waals surface area contributed by atoms with Crippen LogP contribution < -0.4 is 5.32 Å². The standard InChI is InChI=1S/C14H20N2O2/c1-18-10-7-14(17)16-9-8-15-11-13(16)12-5-3-2-4-6-12/h2-6,13,15H,7-11H2,1H3/t13-/m0/s1. The van der Waals surface area contributed by atoms with Crippen LogP contribution in [0.2, 0.25) is 0 Å². The van der Waals surface area contributed by atoms with Gasteiger partial charge in [-0.3, -0.25) is 4.79 Å². The second-order valence-corrected chi connectivity index (χ2v) is 4.46. The van der Waals surface area contributed by atoms with E-state index in [1.54, 1.807) is 7.11 Å². The Morgan fingerprint density at radius 3 is 2.94 bits per heavy atom. The number of carbonyl (C=O) groups is 1. The Labute approximate surface area is 108 Å². The summed E-state index contributed by atoms with van der Waals surface area (Å²) in [4.78, 5) is 14.1. The quantitative estimate of drug-likeness (QED) is 0.870. The van der Waals surface area contributed by atoms with E-state index in [-0.39, 0.29) is 11.9 Å². The molecule has 1 heterocycles. The van der Waals surface area contributed by atoms with Gasteiger partial charge in [-0.25, -0.2) is 0 Å². The van der Waals surface area contributed by atoms with Gasteiger partial charge in [0.1, 0.15) is 0 Å². The Hall–Kier alpha value is -1.39. The van der Waals surface area contributed by atoms with E-state index in [2.05, 4.69) is 17.4 Å². The van der Waals surface area contributed by atoms with Crippen molar-refractivity contribution in [2.24, 2.45) is 0 Å². The molecule has 0 radical (unpaired) electrons. The molecule has 1 fully saturated rings. The van der Waals surface area contributed by atoms with Crippen LogP contribution in [0, 0.1) is 0 Å². The van der Waals surface area contributed by atoms with Crippen molar-refractivity contribution in [1.82, 2.24) is 10.2 Å². The molecular weight excluding hydrogens is 228 g/mol. The number of benzene rings is 1. The molecule has 1 amide bonds. The molecule has 0 unspecified atom stereocenters. The zero-order chi connectivity index (χ0) is 12.8. The van der Waals surface area contributed by atoms with E-state index in [0.29, 0.717) is 13.0 Å². The molecule has 1 saturated heterocycles. The highest BCUT2D eigenvalue weighted by Crippen LogP contribution is 2.22. The van der Waals surface area contributed by atoms with Crippen LogP contribution in [-0.2, 0) is 9.53 Å². The van der Waals surface area contributed by atoms with Crippen molar-refractivity contribution in [1.29, 1.82) is 0 Å². The lowest BCUT2D eigenvalue weighted by atomic mass is 10.0. The van der Waals surface area contributed by atoms with Crippen LogP contribution in [-0.4, -0.2) is 44.2 Å². The van der Waals surface area contributed by atoms with Gasteiger partial charge in [0.05, 0.1) is 19.1 Å². The minimum Gasteiger partial charge on any atom is -0.384 e. The van der Waals surface area contributed by atoms with Crippen LogP contribution in [0.3, 0.4) is 0 Å². The highest BCUT2D eigenvalue weighted by molar-refractivity contribution is 5.77. The molecule has 98 valence electrons. The lowest BCUT2D eigenvalue weighted by Gasteiger charge is -2.36. The molecule has 18 heavy (non-hydrogen) atoms. The van der Waals surface area contributed by atoms with Gasteiger partial charge >= 0.3 is 0 Å². The number of carbonyl (C=O) groups excluding carboxylic acids is 1. The van der Waals surface area contributed by atoms with Gasteiger partial charge in [-0.15, -0.1) is 0 Å². The molecule has 4 heteroatoms. The lowest BCUT2D eigenvalue weighted by Crippen LogP contribution is -2.48. The van der Waals surface area contributed by atoms with E-state index in [1.165, 1.54) is 5.56 Å². The molecule has 0 aliphatic carbocycles. The van der Waals surface area contributed by atoms with Crippen molar-refractivity contribution in [3.8, 4) is 0 Å². The predicted octanol–water partition coefficient (Wildman–Crippen LogP) is 1.20. The highest BCUT2D eigenvalue weighted by atomic mass is 16.5. The number of piperazine rings is 1. The minimum atomic E-state index is 0.143. The number of ether oxygens (including phenoxy) is 1. The zero-order valence-electron chi connectivity index (χ0n) is 10.8. The van der Waals surface area contributed by atoms with E-state index in [9.17, 15) is 4.79 Å². The summed E-state index contributed by atoms with van der Waals surface area (Å²) in [5.74, 6) is 0.173. The van der Waals surface area contributed by atoms with Gasteiger partial charge in [-0.1, -0.05) is 30.3 Å². The maximum Gasteiger partial charge on any atom is 0.225 e. The number of nitrogens with zero attached hydrogens (tertiary/aromatic N) is 1. The number of hydrogen-bond acceptors (Lipinski definition) is 3. The normalized spacial score (nSPS) is 19.8.